The summed E-state index contributed by atoms with van der Waals surface area (Å²) in [7, 11) is 0. The molecule has 0 saturated carbocycles. The fraction of sp³-hybridized carbons (Fsp3) is 0.533. The predicted octanol–water partition coefficient (Wildman–Crippen LogP) is 0.441. The van der Waals surface area contributed by atoms with Gasteiger partial charge in [0.2, 0.25) is 0 Å². The fourth-order valence-electron chi connectivity index (χ4n) is 1.95. The van der Waals surface area contributed by atoms with Crippen LogP contribution in [-0.2, 0) is 0 Å². The topological polar surface area (TPSA) is 90.2 Å². The molecule has 0 bridgehead atoms. The van der Waals surface area contributed by atoms with E-state index in [2.05, 4.69) is 0 Å². The van der Waals surface area contributed by atoms with Crippen LogP contribution in [0, 0.1) is 0 Å². The van der Waals surface area contributed by atoms with Crippen molar-refractivity contribution in [1.29, 1.82) is 0 Å². The monoisotopic (exact) mass is 297 g/mol. The standard InChI is InChI=1S/C15H23NO5/c17-7-1-2-10-21-15-11-14(4-3-13(15)12-20)16(5-8-18)6-9-19/h3-4,11-12,17-19H,1-2,5-10H2. The van der Waals surface area contributed by atoms with Crippen molar-refractivity contribution >= 4 is 12.0 Å². The molecule has 0 unspecified atom stereocenters. The maximum atomic E-state index is 11.0. The summed E-state index contributed by atoms with van der Waals surface area (Å²) in [5, 5.41) is 26.9. The van der Waals surface area contributed by atoms with Crippen LogP contribution in [0.3, 0.4) is 0 Å². The zero-order chi connectivity index (χ0) is 15.5. The lowest BCUT2D eigenvalue weighted by atomic mass is 10.2. The Hall–Kier alpha value is -1.63. The molecule has 0 fully saturated rings. The van der Waals surface area contributed by atoms with Gasteiger partial charge in [-0.05, 0) is 25.0 Å². The molecule has 1 aromatic carbocycles. The van der Waals surface area contributed by atoms with Crippen LogP contribution < -0.4 is 9.64 Å². The second-order valence-corrected chi connectivity index (χ2v) is 4.55. The number of unbranched alkanes of at least 4 members (excludes halogenated alkanes) is 1. The van der Waals surface area contributed by atoms with E-state index in [1.54, 1.807) is 18.2 Å². The van der Waals surface area contributed by atoms with E-state index < -0.39 is 0 Å². The molecule has 6 heteroatoms. The molecule has 0 spiro atoms. The Morgan fingerprint density at radius 3 is 2.33 bits per heavy atom. The zero-order valence-electron chi connectivity index (χ0n) is 12.1. The molecule has 21 heavy (non-hydrogen) atoms. The van der Waals surface area contributed by atoms with Crippen molar-refractivity contribution in [3.8, 4) is 5.75 Å². The molecule has 0 aliphatic rings. The summed E-state index contributed by atoms with van der Waals surface area (Å²) in [5.74, 6) is 0.473. The molecule has 0 aromatic heterocycles. The lowest BCUT2D eigenvalue weighted by molar-refractivity contribution is 0.111. The second kappa shape index (κ2) is 10.1. The van der Waals surface area contributed by atoms with Gasteiger partial charge in [0.1, 0.15) is 5.75 Å². The predicted molar refractivity (Wildman–Crippen MR) is 80.0 cm³/mol. The largest absolute Gasteiger partial charge is 0.493 e. The van der Waals surface area contributed by atoms with E-state index in [0.29, 0.717) is 43.9 Å². The molecule has 0 aliphatic heterocycles. The van der Waals surface area contributed by atoms with Gasteiger partial charge in [-0.15, -0.1) is 0 Å². The molecule has 0 atom stereocenters. The Kier molecular flexibility index (Phi) is 8.42. The second-order valence-electron chi connectivity index (χ2n) is 4.55. The van der Waals surface area contributed by atoms with E-state index in [-0.39, 0.29) is 19.8 Å². The van der Waals surface area contributed by atoms with Crippen molar-refractivity contribution in [3.63, 3.8) is 0 Å². The van der Waals surface area contributed by atoms with Crippen LogP contribution in [-0.4, -0.2) is 61.1 Å². The molecular formula is C15H23NO5. The minimum atomic E-state index is -0.0257. The molecule has 118 valence electrons. The third kappa shape index (κ3) is 5.71. The Labute approximate surface area is 124 Å². The van der Waals surface area contributed by atoms with E-state index in [4.69, 9.17) is 20.1 Å². The SMILES string of the molecule is O=Cc1ccc(N(CCO)CCO)cc1OCCCCO. The molecule has 0 saturated heterocycles. The van der Waals surface area contributed by atoms with Crippen molar-refractivity contribution in [2.45, 2.75) is 12.8 Å². The zero-order valence-corrected chi connectivity index (χ0v) is 12.1. The number of carbonyl (C=O) groups is 1. The molecule has 0 heterocycles. The average Bonchev–Trinajstić information content (AvgIpc) is 2.51. The third-order valence-corrected chi connectivity index (χ3v) is 3.04. The number of aldehydes is 1. The van der Waals surface area contributed by atoms with E-state index in [1.807, 2.05) is 4.90 Å². The normalized spacial score (nSPS) is 10.4. The van der Waals surface area contributed by atoms with Crippen LogP contribution in [0.4, 0.5) is 5.69 Å². The van der Waals surface area contributed by atoms with Gasteiger partial charge in [0.25, 0.3) is 0 Å². The molecule has 0 radical (unpaired) electrons. The van der Waals surface area contributed by atoms with Crippen LogP contribution in [0.1, 0.15) is 23.2 Å². The number of hydrogen-bond acceptors (Lipinski definition) is 6. The smallest absolute Gasteiger partial charge is 0.153 e. The van der Waals surface area contributed by atoms with Crippen molar-refractivity contribution < 1.29 is 24.9 Å². The molecule has 1 rings (SSSR count). The quantitative estimate of drug-likeness (QED) is 0.406. The van der Waals surface area contributed by atoms with Gasteiger partial charge in [-0.25, -0.2) is 0 Å². The minimum Gasteiger partial charge on any atom is -0.493 e. The Bertz CT molecular complexity index is 419. The van der Waals surface area contributed by atoms with Crippen molar-refractivity contribution in [2.24, 2.45) is 0 Å². The Balaban J connectivity index is 2.83. The highest BCUT2D eigenvalue weighted by Crippen LogP contribution is 2.25. The van der Waals surface area contributed by atoms with Crippen LogP contribution >= 0.6 is 0 Å². The summed E-state index contributed by atoms with van der Waals surface area (Å²) in [5.41, 5.74) is 1.23. The maximum absolute atomic E-state index is 11.0. The van der Waals surface area contributed by atoms with Crippen LogP contribution in [0.25, 0.3) is 0 Å². The van der Waals surface area contributed by atoms with Gasteiger partial charge in [0.05, 0.1) is 25.4 Å². The number of carbonyl (C=O) groups excluding carboxylic acids is 1. The fourth-order valence-corrected chi connectivity index (χ4v) is 1.95. The first-order valence-electron chi connectivity index (χ1n) is 7.06. The highest BCUT2D eigenvalue weighted by molar-refractivity contribution is 5.80. The number of benzene rings is 1. The Morgan fingerprint density at radius 2 is 1.76 bits per heavy atom. The number of rotatable bonds is 11. The van der Waals surface area contributed by atoms with Gasteiger partial charge in [-0.1, -0.05) is 0 Å². The lowest BCUT2D eigenvalue weighted by Gasteiger charge is -2.24. The molecule has 0 amide bonds. The van der Waals surface area contributed by atoms with Gasteiger partial charge < -0.3 is 25.0 Å². The summed E-state index contributed by atoms with van der Waals surface area (Å²) in [6, 6.07) is 5.15. The molecule has 6 nitrogen and oxygen atoms in total. The molecule has 1 aromatic rings. The first-order chi connectivity index (χ1) is 10.3. The van der Waals surface area contributed by atoms with Gasteiger partial charge >= 0.3 is 0 Å². The lowest BCUT2D eigenvalue weighted by Crippen LogP contribution is -2.29. The average molecular weight is 297 g/mol. The number of anilines is 1. The molecule has 0 aliphatic carbocycles. The van der Waals surface area contributed by atoms with Gasteiger partial charge in [-0.2, -0.15) is 0 Å². The summed E-state index contributed by atoms with van der Waals surface area (Å²) in [6.45, 7) is 1.27. The first kappa shape index (κ1) is 17.4. The molecule has 3 N–H and O–H groups in total. The van der Waals surface area contributed by atoms with Crippen LogP contribution in [0.5, 0.6) is 5.75 Å². The van der Waals surface area contributed by atoms with Gasteiger partial charge in [0, 0.05) is 31.5 Å². The summed E-state index contributed by atoms with van der Waals surface area (Å²) in [6.07, 6.45) is 2.08. The van der Waals surface area contributed by atoms with Crippen LogP contribution in [0.2, 0.25) is 0 Å². The van der Waals surface area contributed by atoms with E-state index >= 15 is 0 Å². The number of ether oxygens (including phenoxy) is 1. The van der Waals surface area contributed by atoms with Gasteiger partial charge in [0.15, 0.2) is 6.29 Å². The number of aliphatic hydroxyl groups excluding tert-OH is 3. The van der Waals surface area contributed by atoms with Crippen molar-refractivity contribution in [1.82, 2.24) is 0 Å². The summed E-state index contributed by atoms with van der Waals surface area (Å²) < 4.78 is 5.58. The maximum Gasteiger partial charge on any atom is 0.153 e. The van der Waals surface area contributed by atoms with E-state index in [1.165, 1.54) is 0 Å². The summed E-state index contributed by atoms with van der Waals surface area (Å²) >= 11 is 0. The number of nitrogens with zero attached hydrogens (tertiary/aromatic N) is 1. The third-order valence-electron chi connectivity index (χ3n) is 3.04. The van der Waals surface area contributed by atoms with Crippen molar-refractivity contribution in [2.75, 3.05) is 44.4 Å². The molecular weight excluding hydrogens is 274 g/mol. The first-order valence-corrected chi connectivity index (χ1v) is 7.06. The highest BCUT2D eigenvalue weighted by atomic mass is 16.5. The van der Waals surface area contributed by atoms with Crippen LogP contribution in [0.15, 0.2) is 18.2 Å². The Morgan fingerprint density at radius 1 is 1.05 bits per heavy atom. The number of hydrogen-bond donors (Lipinski definition) is 3. The minimum absolute atomic E-state index is 0.0257. The van der Waals surface area contributed by atoms with E-state index in [9.17, 15) is 4.79 Å². The van der Waals surface area contributed by atoms with Gasteiger partial charge in [-0.3, -0.25) is 4.79 Å². The van der Waals surface area contributed by atoms with E-state index in [0.717, 1.165) is 12.0 Å². The highest BCUT2D eigenvalue weighted by Gasteiger charge is 2.10. The van der Waals surface area contributed by atoms with Crippen molar-refractivity contribution in [3.05, 3.63) is 23.8 Å². The summed E-state index contributed by atoms with van der Waals surface area (Å²) in [4.78, 5) is 12.8. The number of aliphatic hydroxyl groups is 3.